The number of fused-ring (bicyclic) bond motifs is 2. The maximum atomic E-state index is 12.7. The lowest BCUT2D eigenvalue weighted by Crippen LogP contribution is -2.44. The van der Waals surface area contributed by atoms with Crippen molar-refractivity contribution >= 4 is 5.91 Å². The molecule has 0 radical (unpaired) electrons. The topological polar surface area (TPSA) is 46.3 Å². The third-order valence-corrected chi connectivity index (χ3v) is 6.32. The van der Waals surface area contributed by atoms with E-state index < -0.39 is 0 Å². The summed E-state index contributed by atoms with van der Waals surface area (Å²) < 4.78 is 0. The fourth-order valence-corrected chi connectivity index (χ4v) is 5.02. The van der Waals surface area contributed by atoms with Gasteiger partial charge in [-0.15, -0.1) is 0 Å². The van der Waals surface area contributed by atoms with E-state index in [1.165, 1.54) is 25.7 Å². The maximum Gasteiger partial charge on any atom is 0.225 e. The van der Waals surface area contributed by atoms with Crippen LogP contribution in [0.2, 0.25) is 0 Å². The van der Waals surface area contributed by atoms with Gasteiger partial charge in [-0.1, -0.05) is 13.3 Å². The summed E-state index contributed by atoms with van der Waals surface area (Å²) in [5, 5.41) is 0. The SMILES string of the molecule is CC1CCC(N)CC1C(=O)N(C)CC1CC2CCC1C2. The van der Waals surface area contributed by atoms with E-state index in [1.54, 1.807) is 0 Å². The highest BCUT2D eigenvalue weighted by molar-refractivity contribution is 5.79. The molecule has 114 valence electrons. The molecule has 0 saturated heterocycles. The van der Waals surface area contributed by atoms with Gasteiger partial charge in [0.25, 0.3) is 0 Å². The van der Waals surface area contributed by atoms with Crippen molar-refractivity contribution in [1.29, 1.82) is 0 Å². The van der Waals surface area contributed by atoms with Crippen LogP contribution < -0.4 is 5.73 Å². The molecular formula is C17H30N2O. The predicted octanol–water partition coefficient (Wildman–Crippen LogP) is 2.64. The molecule has 3 aliphatic carbocycles. The maximum absolute atomic E-state index is 12.7. The largest absolute Gasteiger partial charge is 0.345 e. The Kier molecular flexibility index (Phi) is 4.07. The van der Waals surface area contributed by atoms with Crippen molar-refractivity contribution < 1.29 is 4.79 Å². The lowest BCUT2D eigenvalue weighted by atomic mass is 9.77. The Hall–Kier alpha value is -0.570. The molecule has 6 unspecified atom stereocenters. The molecule has 3 aliphatic rings. The number of amides is 1. The van der Waals surface area contributed by atoms with Gasteiger partial charge in [-0.2, -0.15) is 0 Å². The molecule has 3 saturated carbocycles. The highest BCUT2D eigenvalue weighted by atomic mass is 16.2. The molecule has 3 heteroatoms. The van der Waals surface area contributed by atoms with Crippen molar-refractivity contribution in [2.75, 3.05) is 13.6 Å². The normalized spacial score (nSPS) is 43.8. The second kappa shape index (κ2) is 5.67. The molecule has 0 aromatic heterocycles. The van der Waals surface area contributed by atoms with Crippen LogP contribution >= 0.6 is 0 Å². The first-order valence-corrected chi connectivity index (χ1v) is 8.55. The van der Waals surface area contributed by atoms with Crippen molar-refractivity contribution in [3.8, 4) is 0 Å². The lowest BCUT2D eigenvalue weighted by Gasteiger charge is -2.35. The van der Waals surface area contributed by atoms with Crippen molar-refractivity contribution in [2.24, 2.45) is 35.3 Å². The fourth-order valence-electron chi connectivity index (χ4n) is 5.02. The molecule has 0 spiro atoms. The molecule has 6 atom stereocenters. The Morgan fingerprint density at radius 3 is 2.60 bits per heavy atom. The molecule has 2 bridgehead atoms. The number of rotatable bonds is 3. The van der Waals surface area contributed by atoms with Crippen LogP contribution in [0.15, 0.2) is 0 Å². The minimum absolute atomic E-state index is 0.169. The summed E-state index contributed by atoms with van der Waals surface area (Å²) in [6.07, 6.45) is 8.72. The van der Waals surface area contributed by atoms with E-state index in [0.717, 1.165) is 43.6 Å². The minimum Gasteiger partial charge on any atom is -0.345 e. The molecule has 20 heavy (non-hydrogen) atoms. The number of hydrogen-bond donors (Lipinski definition) is 1. The van der Waals surface area contributed by atoms with E-state index in [1.807, 2.05) is 11.9 Å². The predicted molar refractivity (Wildman–Crippen MR) is 81.1 cm³/mol. The third-order valence-electron chi connectivity index (χ3n) is 6.32. The van der Waals surface area contributed by atoms with Crippen LogP contribution in [0.4, 0.5) is 0 Å². The van der Waals surface area contributed by atoms with E-state index >= 15 is 0 Å². The van der Waals surface area contributed by atoms with E-state index in [4.69, 9.17) is 5.73 Å². The molecule has 2 N–H and O–H groups in total. The molecule has 1 amide bonds. The first kappa shape index (κ1) is 14.4. The number of carbonyl (C=O) groups excluding carboxylic acids is 1. The van der Waals surface area contributed by atoms with Gasteiger partial charge in [0.2, 0.25) is 5.91 Å². The van der Waals surface area contributed by atoms with E-state index in [2.05, 4.69) is 6.92 Å². The standard InChI is InChI=1S/C17H30N2O/c1-11-3-6-15(18)9-16(11)17(20)19(2)10-14-8-12-4-5-13(14)7-12/h11-16H,3-10,18H2,1-2H3. The monoisotopic (exact) mass is 278 g/mol. The summed E-state index contributed by atoms with van der Waals surface area (Å²) in [6, 6.07) is 0.232. The smallest absolute Gasteiger partial charge is 0.225 e. The number of carbonyl (C=O) groups is 1. The molecule has 0 heterocycles. The Labute approximate surface area is 123 Å². The molecule has 3 rings (SSSR count). The van der Waals surface area contributed by atoms with Crippen molar-refractivity contribution in [3.63, 3.8) is 0 Å². The zero-order chi connectivity index (χ0) is 14.3. The van der Waals surface area contributed by atoms with Crippen LogP contribution in [-0.2, 0) is 4.79 Å². The fraction of sp³-hybridized carbons (Fsp3) is 0.941. The summed E-state index contributed by atoms with van der Waals surface area (Å²) in [4.78, 5) is 14.8. The van der Waals surface area contributed by atoms with Crippen LogP contribution in [0.1, 0.15) is 51.9 Å². The lowest BCUT2D eigenvalue weighted by molar-refractivity contribution is -0.138. The van der Waals surface area contributed by atoms with Crippen LogP contribution in [0.3, 0.4) is 0 Å². The second-order valence-corrected chi connectivity index (χ2v) is 7.81. The minimum atomic E-state index is 0.169. The van der Waals surface area contributed by atoms with Crippen molar-refractivity contribution in [1.82, 2.24) is 4.90 Å². The molecular weight excluding hydrogens is 248 g/mol. The first-order valence-electron chi connectivity index (χ1n) is 8.55. The summed E-state index contributed by atoms with van der Waals surface area (Å²) in [5.74, 6) is 3.68. The van der Waals surface area contributed by atoms with E-state index in [0.29, 0.717) is 11.8 Å². The van der Waals surface area contributed by atoms with Crippen LogP contribution in [0.25, 0.3) is 0 Å². The summed E-state index contributed by atoms with van der Waals surface area (Å²) >= 11 is 0. The van der Waals surface area contributed by atoms with Gasteiger partial charge in [0, 0.05) is 25.6 Å². The third kappa shape index (κ3) is 2.74. The van der Waals surface area contributed by atoms with E-state index in [-0.39, 0.29) is 12.0 Å². The summed E-state index contributed by atoms with van der Waals surface area (Å²) in [6.45, 7) is 3.21. The van der Waals surface area contributed by atoms with Gasteiger partial charge in [0.15, 0.2) is 0 Å². The highest BCUT2D eigenvalue weighted by Crippen LogP contribution is 2.48. The summed E-state index contributed by atoms with van der Waals surface area (Å²) in [5.41, 5.74) is 6.07. The average Bonchev–Trinajstić information content (AvgIpc) is 3.03. The van der Waals surface area contributed by atoms with Crippen LogP contribution in [0.5, 0.6) is 0 Å². The molecule has 3 nitrogen and oxygen atoms in total. The van der Waals surface area contributed by atoms with Crippen molar-refractivity contribution in [3.05, 3.63) is 0 Å². The van der Waals surface area contributed by atoms with Gasteiger partial charge < -0.3 is 10.6 Å². The van der Waals surface area contributed by atoms with E-state index in [9.17, 15) is 4.79 Å². The molecule has 0 aromatic carbocycles. The van der Waals surface area contributed by atoms with Gasteiger partial charge in [-0.3, -0.25) is 4.79 Å². The van der Waals surface area contributed by atoms with Crippen molar-refractivity contribution in [2.45, 2.75) is 57.9 Å². The van der Waals surface area contributed by atoms with Gasteiger partial charge in [-0.25, -0.2) is 0 Å². The average molecular weight is 278 g/mol. The Morgan fingerprint density at radius 2 is 1.95 bits per heavy atom. The van der Waals surface area contributed by atoms with Gasteiger partial charge in [0.1, 0.15) is 0 Å². The van der Waals surface area contributed by atoms with Gasteiger partial charge in [-0.05, 0) is 62.2 Å². The number of nitrogens with zero attached hydrogens (tertiary/aromatic N) is 1. The molecule has 0 aliphatic heterocycles. The highest BCUT2D eigenvalue weighted by Gasteiger charge is 2.41. The number of hydrogen-bond acceptors (Lipinski definition) is 2. The first-order chi connectivity index (χ1) is 9.54. The molecule has 0 aromatic rings. The van der Waals surface area contributed by atoms with Crippen LogP contribution in [0, 0.1) is 29.6 Å². The quantitative estimate of drug-likeness (QED) is 0.862. The van der Waals surface area contributed by atoms with Gasteiger partial charge >= 0.3 is 0 Å². The Bertz CT molecular complexity index is 370. The zero-order valence-electron chi connectivity index (χ0n) is 13.1. The number of nitrogens with two attached hydrogens (primary N) is 1. The molecule has 3 fully saturated rings. The Morgan fingerprint density at radius 1 is 1.15 bits per heavy atom. The van der Waals surface area contributed by atoms with Crippen LogP contribution in [-0.4, -0.2) is 30.4 Å². The van der Waals surface area contributed by atoms with Gasteiger partial charge in [0.05, 0.1) is 0 Å². The summed E-state index contributed by atoms with van der Waals surface area (Å²) in [7, 11) is 2.02. The zero-order valence-corrected chi connectivity index (χ0v) is 13.1. The second-order valence-electron chi connectivity index (χ2n) is 7.81. The Balaban J connectivity index is 1.56.